The number of nitrogen functional groups attached to an aromatic ring is 1. The fourth-order valence-corrected chi connectivity index (χ4v) is 1.93. The van der Waals surface area contributed by atoms with Gasteiger partial charge in [0.15, 0.2) is 0 Å². The predicted molar refractivity (Wildman–Crippen MR) is 77.6 cm³/mol. The lowest BCUT2D eigenvalue weighted by Gasteiger charge is -2.09. The number of carbonyl (C=O) groups excluding carboxylic acids is 1. The number of anilines is 1. The molecular weight excluding hydrogens is 236 g/mol. The number of nitrogens with two attached hydrogens (primary N) is 1. The molecule has 0 aliphatic carbocycles. The van der Waals surface area contributed by atoms with Crippen molar-refractivity contribution in [3.8, 4) is 0 Å². The molecule has 2 rings (SSSR count). The van der Waals surface area contributed by atoms with Crippen molar-refractivity contribution in [3.63, 3.8) is 0 Å². The molecular formula is C16H18N2O. The number of rotatable bonds is 4. The molecule has 0 heterocycles. The van der Waals surface area contributed by atoms with Gasteiger partial charge >= 0.3 is 0 Å². The van der Waals surface area contributed by atoms with E-state index in [9.17, 15) is 4.79 Å². The van der Waals surface area contributed by atoms with Crippen LogP contribution in [-0.2, 0) is 17.8 Å². The van der Waals surface area contributed by atoms with E-state index in [4.69, 9.17) is 5.73 Å². The zero-order chi connectivity index (χ0) is 13.7. The van der Waals surface area contributed by atoms with Gasteiger partial charge in [-0.2, -0.15) is 0 Å². The van der Waals surface area contributed by atoms with Gasteiger partial charge in [0.2, 0.25) is 5.91 Å². The van der Waals surface area contributed by atoms with Crippen molar-refractivity contribution in [2.75, 3.05) is 5.73 Å². The van der Waals surface area contributed by atoms with Gasteiger partial charge in [0, 0.05) is 12.2 Å². The molecule has 98 valence electrons. The van der Waals surface area contributed by atoms with Crippen molar-refractivity contribution in [1.82, 2.24) is 5.32 Å². The highest BCUT2D eigenvalue weighted by Crippen LogP contribution is 2.15. The van der Waals surface area contributed by atoms with Crippen LogP contribution in [0.4, 0.5) is 5.69 Å². The van der Waals surface area contributed by atoms with E-state index < -0.39 is 0 Å². The quantitative estimate of drug-likeness (QED) is 0.823. The largest absolute Gasteiger partial charge is 0.399 e. The molecule has 19 heavy (non-hydrogen) atoms. The number of benzene rings is 2. The third-order valence-corrected chi connectivity index (χ3v) is 3.17. The summed E-state index contributed by atoms with van der Waals surface area (Å²) >= 11 is 0. The lowest BCUT2D eigenvalue weighted by atomic mass is 10.1. The summed E-state index contributed by atoms with van der Waals surface area (Å²) in [6.07, 6.45) is 0.405. The van der Waals surface area contributed by atoms with Crippen LogP contribution in [0.3, 0.4) is 0 Å². The Morgan fingerprint density at radius 2 is 1.84 bits per heavy atom. The summed E-state index contributed by atoms with van der Waals surface area (Å²) in [5, 5.41) is 2.92. The van der Waals surface area contributed by atoms with Crippen molar-refractivity contribution in [2.45, 2.75) is 19.9 Å². The Morgan fingerprint density at radius 3 is 2.58 bits per heavy atom. The first-order chi connectivity index (χ1) is 9.16. The molecule has 0 radical (unpaired) electrons. The van der Waals surface area contributed by atoms with Gasteiger partial charge in [-0.25, -0.2) is 0 Å². The van der Waals surface area contributed by atoms with Gasteiger partial charge in [-0.05, 0) is 29.7 Å². The Labute approximate surface area is 113 Å². The number of amides is 1. The number of hydrogen-bond donors (Lipinski definition) is 2. The molecule has 2 aromatic carbocycles. The van der Waals surface area contributed by atoms with E-state index in [1.165, 1.54) is 0 Å². The van der Waals surface area contributed by atoms with Gasteiger partial charge < -0.3 is 11.1 Å². The van der Waals surface area contributed by atoms with E-state index in [0.29, 0.717) is 13.0 Å². The highest BCUT2D eigenvalue weighted by molar-refractivity contribution is 5.78. The molecule has 0 aliphatic heterocycles. The second-order valence-corrected chi connectivity index (χ2v) is 4.57. The van der Waals surface area contributed by atoms with Gasteiger partial charge in [-0.3, -0.25) is 4.79 Å². The molecule has 3 nitrogen and oxygen atoms in total. The Morgan fingerprint density at radius 1 is 1.11 bits per heavy atom. The summed E-state index contributed by atoms with van der Waals surface area (Å²) in [5.74, 6) is 0.0213. The molecule has 1 amide bonds. The molecule has 0 spiro atoms. The summed E-state index contributed by atoms with van der Waals surface area (Å²) in [4.78, 5) is 11.8. The topological polar surface area (TPSA) is 55.1 Å². The average Bonchev–Trinajstić information content (AvgIpc) is 2.42. The van der Waals surface area contributed by atoms with Crippen molar-refractivity contribution in [1.29, 1.82) is 0 Å². The molecule has 0 bridgehead atoms. The van der Waals surface area contributed by atoms with Gasteiger partial charge in [0.1, 0.15) is 0 Å². The van der Waals surface area contributed by atoms with Crippen molar-refractivity contribution >= 4 is 11.6 Å². The molecule has 0 aliphatic rings. The standard InChI is InChI=1S/C16H18N2O/c1-12-14(8-5-9-15(12)17)11-18-16(19)10-13-6-3-2-4-7-13/h2-9H,10-11,17H2,1H3,(H,18,19). The minimum atomic E-state index is 0.0213. The first kappa shape index (κ1) is 13.1. The Kier molecular flexibility index (Phi) is 4.18. The summed E-state index contributed by atoms with van der Waals surface area (Å²) in [5.41, 5.74) is 9.70. The van der Waals surface area contributed by atoms with Crippen LogP contribution in [0.5, 0.6) is 0 Å². The Hall–Kier alpha value is -2.29. The lowest BCUT2D eigenvalue weighted by Crippen LogP contribution is -2.25. The van der Waals surface area contributed by atoms with Crippen molar-refractivity contribution in [3.05, 3.63) is 65.2 Å². The molecule has 2 aromatic rings. The van der Waals surface area contributed by atoms with E-state index >= 15 is 0 Å². The lowest BCUT2D eigenvalue weighted by molar-refractivity contribution is -0.120. The maximum atomic E-state index is 11.8. The van der Waals surface area contributed by atoms with Crippen LogP contribution in [0.25, 0.3) is 0 Å². The van der Waals surface area contributed by atoms with E-state index in [0.717, 1.165) is 22.4 Å². The maximum absolute atomic E-state index is 11.8. The van der Waals surface area contributed by atoms with E-state index in [2.05, 4.69) is 5.32 Å². The SMILES string of the molecule is Cc1c(N)cccc1CNC(=O)Cc1ccccc1. The monoisotopic (exact) mass is 254 g/mol. The molecule has 0 atom stereocenters. The first-order valence-electron chi connectivity index (χ1n) is 6.31. The Balaban J connectivity index is 1.92. The van der Waals surface area contributed by atoms with Gasteiger partial charge in [-0.15, -0.1) is 0 Å². The molecule has 3 N–H and O–H groups in total. The number of carbonyl (C=O) groups is 1. The third kappa shape index (κ3) is 3.58. The fourth-order valence-electron chi connectivity index (χ4n) is 1.93. The van der Waals surface area contributed by atoms with Crippen LogP contribution in [0, 0.1) is 6.92 Å². The molecule has 0 fully saturated rings. The molecule has 0 aromatic heterocycles. The summed E-state index contributed by atoms with van der Waals surface area (Å²) in [6, 6.07) is 15.5. The van der Waals surface area contributed by atoms with Gasteiger partial charge in [-0.1, -0.05) is 42.5 Å². The summed E-state index contributed by atoms with van der Waals surface area (Å²) in [7, 11) is 0. The smallest absolute Gasteiger partial charge is 0.224 e. The van der Waals surface area contributed by atoms with Gasteiger partial charge in [0.05, 0.1) is 6.42 Å². The molecule has 0 saturated heterocycles. The van der Waals surface area contributed by atoms with E-state index in [-0.39, 0.29) is 5.91 Å². The summed E-state index contributed by atoms with van der Waals surface area (Å²) < 4.78 is 0. The normalized spacial score (nSPS) is 10.2. The third-order valence-electron chi connectivity index (χ3n) is 3.17. The first-order valence-corrected chi connectivity index (χ1v) is 6.31. The van der Waals surface area contributed by atoms with Crippen LogP contribution < -0.4 is 11.1 Å². The van der Waals surface area contributed by atoms with Crippen molar-refractivity contribution < 1.29 is 4.79 Å². The van der Waals surface area contributed by atoms with E-state index in [1.54, 1.807) is 0 Å². The zero-order valence-electron chi connectivity index (χ0n) is 11.0. The average molecular weight is 254 g/mol. The minimum Gasteiger partial charge on any atom is -0.399 e. The van der Waals surface area contributed by atoms with Crippen molar-refractivity contribution in [2.24, 2.45) is 0 Å². The molecule has 0 saturated carbocycles. The fraction of sp³-hybridized carbons (Fsp3) is 0.188. The highest BCUT2D eigenvalue weighted by atomic mass is 16.1. The molecule has 3 heteroatoms. The van der Waals surface area contributed by atoms with Crippen LogP contribution in [0.2, 0.25) is 0 Å². The Bertz CT molecular complexity index is 564. The van der Waals surface area contributed by atoms with Crippen LogP contribution >= 0.6 is 0 Å². The second kappa shape index (κ2) is 6.05. The number of nitrogens with one attached hydrogen (secondary N) is 1. The zero-order valence-corrected chi connectivity index (χ0v) is 11.0. The molecule has 0 unspecified atom stereocenters. The predicted octanol–water partition coefficient (Wildman–Crippen LogP) is 2.44. The van der Waals surface area contributed by atoms with Crippen LogP contribution in [0.1, 0.15) is 16.7 Å². The second-order valence-electron chi connectivity index (χ2n) is 4.57. The highest BCUT2D eigenvalue weighted by Gasteiger charge is 2.05. The van der Waals surface area contributed by atoms with Crippen LogP contribution in [-0.4, -0.2) is 5.91 Å². The van der Waals surface area contributed by atoms with Crippen LogP contribution in [0.15, 0.2) is 48.5 Å². The number of hydrogen-bond acceptors (Lipinski definition) is 2. The van der Waals surface area contributed by atoms with Gasteiger partial charge in [0.25, 0.3) is 0 Å². The minimum absolute atomic E-state index is 0.0213. The maximum Gasteiger partial charge on any atom is 0.224 e. The van der Waals surface area contributed by atoms with E-state index in [1.807, 2.05) is 55.5 Å². The summed E-state index contributed by atoms with van der Waals surface area (Å²) in [6.45, 7) is 2.48.